The van der Waals surface area contributed by atoms with Crippen molar-refractivity contribution in [1.82, 2.24) is 10.6 Å². The average Bonchev–Trinajstić information content (AvgIpc) is 2.77. The third-order valence-corrected chi connectivity index (χ3v) is 4.49. The molecule has 2 aromatic carbocycles. The van der Waals surface area contributed by atoms with Gasteiger partial charge in [0.15, 0.2) is 0 Å². The van der Waals surface area contributed by atoms with E-state index in [0.717, 1.165) is 16.7 Å². The van der Waals surface area contributed by atoms with Crippen molar-refractivity contribution < 1.29 is 29.0 Å². The highest BCUT2D eigenvalue weighted by Gasteiger charge is 2.27. The summed E-state index contributed by atoms with van der Waals surface area (Å²) < 4.78 is 9.84. The van der Waals surface area contributed by atoms with E-state index in [1.54, 1.807) is 12.1 Å². The highest BCUT2D eigenvalue weighted by atomic mass is 16.5. The molecule has 2 amide bonds. The smallest absolute Gasteiger partial charge is 0.408 e. The predicted octanol–water partition coefficient (Wildman–Crippen LogP) is 1.48. The third kappa shape index (κ3) is 6.89. The molecule has 0 aliphatic carbocycles. The summed E-state index contributed by atoms with van der Waals surface area (Å²) in [6, 6.07) is 14.2. The Balaban J connectivity index is 1.96. The highest BCUT2D eigenvalue weighted by molar-refractivity contribution is 5.89. The Hall–Kier alpha value is -3.39. The van der Waals surface area contributed by atoms with Gasteiger partial charge in [-0.15, -0.1) is 0 Å². The Labute approximate surface area is 175 Å². The van der Waals surface area contributed by atoms with Gasteiger partial charge >= 0.3 is 12.1 Å². The number of ether oxygens (including phenoxy) is 2. The molecule has 160 valence electrons. The van der Waals surface area contributed by atoms with Gasteiger partial charge in [0.1, 0.15) is 18.7 Å². The first-order valence-electron chi connectivity index (χ1n) is 9.45. The van der Waals surface area contributed by atoms with Gasteiger partial charge in [0, 0.05) is 6.42 Å². The molecule has 0 aromatic heterocycles. The summed E-state index contributed by atoms with van der Waals surface area (Å²) in [6.45, 7) is 1.25. The second-order valence-corrected chi connectivity index (χ2v) is 6.66. The van der Waals surface area contributed by atoms with Crippen molar-refractivity contribution in [3.63, 3.8) is 0 Å². The molecular formula is C22H26N2O6. The maximum Gasteiger partial charge on any atom is 0.408 e. The Bertz CT molecular complexity index is 856. The molecule has 8 nitrogen and oxygen atoms in total. The zero-order valence-corrected chi connectivity index (χ0v) is 17.0. The normalized spacial score (nSPS) is 12.4. The van der Waals surface area contributed by atoms with Crippen molar-refractivity contribution in [2.45, 2.75) is 32.0 Å². The van der Waals surface area contributed by atoms with Gasteiger partial charge in [-0.25, -0.2) is 9.59 Å². The number of nitrogens with one attached hydrogen (secondary N) is 2. The molecule has 8 heteroatoms. The first-order valence-corrected chi connectivity index (χ1v) is 9.45. The number of aliphatic hydroxyl groups excluding tert-OH is 1. The summed E-state index contributed by atoms with van der Waals surface area (Å²) in [5.74, 6) is -1.35. The number of amides is 2. The number of carbonyl (C=O) groups excluding carboxylic acids is 3. The van der Waals surface area contributed by atoms with Crippen LogP contribution < -0.4 is 10.6 Å². The lowest BCUT2D eigenvalue weighted by atomic mass is 10.0. The molecule has 0 aliphatic heterocycles. The van der Waals surface area contributed by atoms with Crippen LogP contribution in [0.5, 0.6) is 0 Å². The first kappa shape index (κ1) is 22.9. The van der Waals surface area contributed by atoms with E-state index in [-0.39, 0.29) is 13.0 Å². The fraction of sp³-hybridized carbons (Fsp3) is 0.318. The molecule has 0 unspecified atom stereocenters. The largest absolute Gasteiger partial charge is 0.467 e. The summed E-state index contributed by atoms with van der Waals surface area (Å²) in [7, 11) is 1.22. The van der Waals surface area contributed by atoms with Gasteiger partial charge in [-0.1, -0.05) is 54.6 Å². The second kappa shape index (κ2) is 11.6. The van der Waals surface area contributed by atoms with Gasteiger partial charge in [-0.2, -0.15) is 0 Å². The Morgan fingerprint density at radius 1 is 0.967 bits per heavy atom. The van der Waals surface area contributed by atoms with E-state index >= 15 is 0 Å². The van der Waals surface area contributed by atoms with Crippen LogP contribution in [-0.4, -0.2) is 48.9 Å². The van der Waals surface area contributed by atoms with E-state index in [2.05, 4.69) is 10.6 Å². The summed E-state index contributed by atoms with van der Waals surface area (Å²) in [4.78, 5) is 36.7. The first-order chi connectivity index (χ1) is 14.4. The van der Waals surface area contributed by atoms with E-state index in [1.165, 1.54) is 7.11 Å². The van der Waals surface area contributed by atoms with E-state index < -0.39 is 36.7 Å². The third-order valence-electron chi connectivity index (χ3n) is 4.49. The molecule has 2 atom stereocenters. The van der Waals surface area contributed by atoms with Crippen molar-refractivity contribution >= 4 is 18.0 Å². The zero-order chi connectivity index (χ0) is 21.9. The molecule has 0 saturated heterocycles. The van der Waals surface area contributed by atoms with Crippen LogP contribution in [0.25, 0.3) is 0 Å². The van der Waals surface area contributed by atoms with Gasteiger partial charge in [0.25, 0.3) is 0 Å². The number of aryl methyl sites for hydroxylation is 1. The number of aliphatic hydroxyl groups is 1. The molecule has 2 aromatic rings. The minimum Gasteiger partial charge on any atom is -0.467 e. The fourth-order valence-electron chi connectivity index (χ4n) is 2.77. The minimum atomic E-state index is -1.28. The van der Waals surface area contributed by atoms with Gasteiger partial charge in [-0.3, -0.25) is 4.79 Å². The van der Waals surface area contributed by atoms with Gasteiger partial charge < -0.3 is 25.2 Å². The molecule has 0 spiro atoms. The molecule has 0 fully saturated rings. The SMILES string of the molecule is COC(=O)[C@H](Cc1ccccc1C)NC(=O)[C@H](CO)NC(=O)OCc1ccccc1. The Morgan fingerprint density at radius 2 is 1.63 bits per heavy atom. The topological polar surface area (TPSA) is 114 Å². The Morgan fingerprint density at radius 3 is 2.27 bits per heavy atom. The number of esters is 1. The standard InChI is InChI=1S/C22H26N2O6/c1-15-8-6-7-11-17(15)12-18(21(27)29-2)23-20(26)19(13-25)24-22(28)30-14-16-9-4-3-5-10-16/h3-11,18-19,25H,12-14H2,1-2H3,(H,23,26)(H,24,28)/t18-,19-/m0/s1. The number of carbonyl (C=O) groups is 3. The van der Waals surface area contributed by atoms with Crippen LogP contribution in [0.3, 0.4) is 0 Å². The van der Waals surface area contributed by atoms with E-state index in [0.29, 0.717) is 0 Å². The van der Waals surface area contributed by atoms with Gasteiger partial charge in [-0.05, 0) is 23.6 Å². The van der Waals surface area contributed by atoms with Crippen molar-refractivity contribution in [2.75, 3.05) is 13.7 Å². The summed E-state index contributed by atoms with van der Waals surface area (Å²) in [5, 5.41) is 14.4. The van der Waals surface area contributed by atoms with Crippen LogP contribution in [0.4, 0.5) is 4.79 Å². The van der Waals surface area contributed by atoms with Gasteiger partial charge in [0.2, 0.25) is 5.91 Å². The van der Waals surface area contributed by atoms with Crippen molar-refractivity contribution in [2.24, 2.45) is 0 Å². The predicted molar refractivity (Wildman–Crippen MR) is 109 cm³/mol. The molecule has 3 N–H and O–H groups in total. The Kier molecular flexibility index (Phi) is 8.83. The maximum absolute atomic E-state index is 12.5. The van der Waals surface area contributed by atoms with E-state index in [4.69, 9.17) is 9.47 Å². The molecule has 2 rings (SSSR count). The van der Waals surface area contributed by atoms with Crippen molar-refractivity contribution in [1.29, 1.82) is 0 Å². The van der Waals surface area contributed by atoms with Crippen LogP contribution in [0.2, 0.25) is 0 Å². The number of hydrogen-bond donors (Lipinski definition) is 3. The van der Waals surface area contributed by atoms with Crippen LogP contribution >= 0.6 is 0 Å². The van der Waals surface area contributed by atoms with E-state index in [9.17, 15) is 19.5 Å². The minimum absolute atomic E-state index is 0.0184. The molecule has 0 bridgehead atoms. The lowest BCUT2D eigenvalue weighted by Crippen LogP contribution is -2.54. The number of alkyl carbamates (subject to hydrolysis) is 1. The van der Waals surface area contributed by atoms with Crippen LogP contribution in [0, 0.1) is 6.92 Å². The highest BCUT2D eigenvalue weighted by Crippen LogP contribution is 2.11. The maximum atomic E-state index is 12.5. The molecule has 0 aliphatic rings. The van der Waals surface area contributed by atoms with Crippen molar-refractivity contribution in [3.05, 3.63) is 71.3 Å². The fourth-order valence-corrected chi connectivity index (χ4v) is 2.77. The van der Waals surface area contributed by atoms with Gasteiger partial charge in [0.05, 0.1) is 13.7 Å². The molecule has 0 saturated carbocycles. The quantitative estimate of drug-likeness (QED) is 0.536. The molecule has 30 heavy (non-hydrogen) atoms. The van der Waals surface area contributed by atoms with Crippen LogP contribution in [-0.2, 0) is 32.1 Å². The monoisotopic (exact) mass is 414 g/mol. The zero-order valence-electron chi connectivity index (χ0n) is 17.0. The lowest BCUT2D eigenvalue weighted by Gasteiger charge is -2.21. The molecular weight excluding hydrogens is 388 g/mol. The van der Waals surface area contributed by atoms with E-state index in [1.807, 2.05) is 49.4 Å². The van der Waals surface area contributed by atoms with Crippen LogP contribution in [0.15, 0.2) is 54.6 Å². The number of rotatable bonds is 9. The average molecular weight is 414 g/mol. The van der Waals surface area contributed by atoms with Crippen molar-refractivity contribution in [3.8, 4) is 0 Å². The second-order valence-electron chi connectivity index (χ2n) is 6.66. The molecule has 0 radical (unpaired) electrons. The number of methoxy groups -OCH3 is 1. The number of benzene rings is 2. The summed E-state index contributed by atoms with van der Waals surface area (Å²) in [6.07, 6.45) is -0.650. The van der Waals surface area contributed by atoms with Crippen LogP contribution in [0.1, 0.15) is 16.7 Å². The number of hydrogen-bond acceptors (Lipinski definition) is 6. The lowest BCUT2D eigenvalue weighted by molar-refractivity contribution is -0.145. The summed E-state index contributed by atoms with van der Waals surface area (Å²) >= 11 is 0. The molecule has 0 heterocycles. The summed E-state index contributed by atoms with van der Waals surface area (Å²) in [5.41, 5.74) is 2.60.